The molecule has 24 heavy (non-hydrogen) atoms. The Hall–Kier alpha value is -2.73. The van der Waals surface area contributed by atoms with Gasteiger partial charge in [0.25, 0.3) is 5.91 Å². The Morgan fingerprint density at radius 2 is 2.00 bits per heavy atom. The van der Waals surface area contributed by atoms with Gasteiger partial charge < -0.3 is 10.0 Å². The van der Waals surface area contributed by atoms with Crippen LogP contribution in [-0.4, -0.2) is 44.6 Å². The molecule has 0 bridgehead atoms. The largest absolute Gasteiger partial charge is 0.394 e. The highest BCUT2D eigenvalue weighted by atomic mass is 16.3. The van der Waals surface area contributed by atoms with Crippen molar-refractivity contribution in [3.63, 3.8) is 0 Å². The number of benzene rings is 2. The highest BCUT2D eigenvalue weighted by molar-refractivity contribution is 6.06. The van der Waals surface area contributed by atoms with Crippen LogP contribution in [0.3, 0.4) is 0 Å². The van der Waals surface area contributed by atoms with Gasteiger partial charge in [-0.25, -0.2) is 4.68 Å². The van der Waals surface area contributed by atoms with Gasteiger partial charge in [-0.1, -0.05) is 41.6 Å². The standard InChI is InChI=1S/C18H20N4O2/c1-13(12-23)22-11-15(19-20-22)10-21(2)18(24)17-9-5-7-14-6-3-4-8-16(14)17/h3-9,11,13,23H,10,12H2,1-2H3/t13-/m0/s1. The summed E-state index contributed by atoms with van der Waals surface area (Å²) >= 11 is 0. The molecule has 0 aliphatic rings. The van der Waals surface area contributed by atoms with Crippen LogP contribution in [0.4, 0.5) is 0 Å². The zero-order valence-corrected chi connectivity index (χ0v) is 13.8. The fourth-order valence-corrected chi connectivity index (χ4v) is 2.62. The molecule has 1 N–H and O–H groups in total. The van der Waals surface area contributed by atoms with Gasteiger partial charge in [0.15, 0.2) is 0 Å². The summed E-state index contributed by atoms with van der Waals surface area (Å²) in [5.41, 5.74) is 1.36. The molecule has 0 unspecified atom stereocenters. The monoisotopic (exact) mass is 324 g/mol. The molecule has 0 saturated carbocycles. The number of rotatable bonds is 5. The number of hydrogen-bond acceptors (Lipinski definition) is 4. The molecule has 0 radical (unpaired) electrons. The van der Waals surface area contributed by atoms with E-state index in [4.69, 9.17) is 5.11 Å². The minimum atomic E-state index is -0.134. The molecule has 3 aromatic rings. The van der Waals surface area contributed by atoms with Crippen LogP contribution < -0.4 is 0 Å². The SMILES string of the molecule is C[C@@H](CO)n1cc(CN(C)C(=O)c2cccc3ccccc23)nn1. The summed E-state index contributed by atoms with van der Waals surface area (Å²) in [4.78, 5) is 14.4. The summed E-state index contributed by atoms with van der Waals surface area (Å²) in [5.74, 6) is -0.0587. The van der Waals surface area contributed by atoms with Gasteiger partial charge in [0.2, 0.25) is 0 Å². The van der Waals surface area contributed by atoms with Crippen molar-refractivity contribution >= 4 is 16.7 Å². The van der Waals surface area contributed by atoms with Crippen molar-refractivity contribution in [2.75, 3.05) is 13.7 Å². The second kappa shape index (κ2) is 6.80. The molecule has 1 aromatic heterocycles. The average molecular weight is 324 g/mol. The van der Waals surface area contributed by atoms with Crippen LogP contribution in [0.5, 0.6) is 0 Å². The number of aliphatic hydroxyl groups excluding tert-OH is 1. The zero-order chi connectivity index (χ0) is 17.1. The summed E-state index contributed by atoms with van der Waals surface area (Å²) in [7, 11) is 1.75. The van der Waals surface area contributed by atoms with Gasteiger partial charge in [0.1, 0.15) is 5.69 Å². The second-order valence-corrected chi connectivity index (χ2v) is 5.91. The van der Waals surface area contributed by atoms with Crippen LogP contribution in [0, 0.1) is 0 Å². The number of carbonyl (C=O) groups excluding carboxylic acids is 1. The Morgan fingerprint density at radius 1 is 1.25 bits per heavy atom. The average Bonchev–Trinajstić information content (AvgIpc) is 3.08. The molecule has 0 fully saturated rings. The molecule has 6 heteroatoms. The lowest BCUT2D eigenvalue weighted by atomic mass is 10.0. The van der Waals surface area contributed by atoms with Crippen LogP contribution in [-0.2, 0) is 6.54 Å². The van der Waals surface area contributed by atoms with Crippen molar-refractivity contribution in [2.24, 2.45) is 0 Å². The third kappa shape index (κ3) is 3.14. The summed E-state index contributed by atoms with van der Waals surface area (Å²) in [6, 6.07) is 13.4. The first kappa shape index (κ1) is 16.1. The van der Waals surface area contributed by atoms with E-state index in [1.165, 1.54) is 0 Å². The van der Waals surface area contributed by atoms with Gasteiger partial charge in [0.05, 0.1) is 25.4 Å². The molecule has 0 aliphatic heterocycles. The minimum absolute atomic E-state index is 0.00637. The van der Waals surface area contributed by atoms with Crippen molar-refractivity contribution in [3.8, 4) is 0 Å². The maximum absolute atomic E-state index is 12.8. The lowest BCUT2D eigenvalue weighted by Gasteiger charge is -2.17. The van der Waals surface area contributed by atoms with Crippen LogP contribution in [0.2, 0.25) is 0 Å². The molecule has 1 atom stereocenters. The van der Waals surface area contributed by atoms with E-state index < -0.39 is 0 Å². The molecule has 2 aromatic carbocycles. The maximum atomic E-state index is 12.8. The quantitative estimate of drug-likeness (QED) is 0.781. The van der Waals surface area contributed by atoms with E-state index >= 15 is 0 Å². The molecule has 1 amide bonds. The first-order valence-electron chi connectivity index (χ1n) is 7.85. The number of fused-ring (bicyclic) bond motifs is 1. The van der Waals surface area contributed by atoms with E-state index in [-0.39, 0.29) is 18.6 Å². The van der Waals surface area contributed by atoms with Gasteiger partial charge >= 0.3 is 0 Å². The van der Waals surface area contributed by atoms with Crippen LogP contribution in [0.1, 0.15) is 29.0 Å². The molecule has 0 aliphatic carbocycles. The molecule has 124 valence electrons. The molecule has 6 nitrogen and oxygen atoms in total. The maximum Gasteiger partial charge on any atom is 0.254 e. The Balaban J connectivity index is 1.80. The number of hydrogen-bond donors (Lipinski definition) is 1. The lowest BCUT2D eigenvalue weighted by molar-refractivity contribution is 0.0785. The topological polar surface area (TPSA) is 71.2 Å². The normalized spacial score (nSPS) is 12.3. The van der Waals surface area contributed by atoms with Crippen molar-refractivity contribution in [3.05, 3.63) is 59.9 Å². The smallest absolute Gasteiger partial charge is 0.254 e. The Kier molecular flexibility index (Phi) is 4.57. The van der Waals surface area contributed by atoms with Gasteiger partial charge in [-0.05, 0) is 23.8 Å². The van der Waals surface area contributed by atoms with Crippen LogP contribution in [0.15, 0.2) is 48.7 Å². The number of carbonyl (C=O) groups is 1. The Bertz CT molecular complexity index is 854. The van der Waals surface area contributed by atoms with Crippen LogP contribution in [0.25, 0.3) is 10.8 Å². The Labute approximate surface area is 140 Å². The van der Waals surface area contributed by atoms with Gasteiger partial charge in [0, 0.05) is 12.6 Å². The Morgan fingerprint density at radius 3 is 2.79 bits per heavy atom. The van der Waals surface area contributed by atoms with Gasteiger partial charge in [-0.15, -0.1) is 5.10 Å². The summed E-state index contributed by atoms with van der Waals surface area (Å²) in [5, 5.41) is 19.2. The van der Waals surface area contributed by atoms with E-state index in [0.717, 1.165) is 10.8 Å². The zero-order valence-electron chi connectivity index (χ0n) is 13.8. The van der Waals surface area contributed by atoms with E-state index in [1.54, 1.807) is 22.8 Å². The molecule has 0 spiro atoms. The predicted octanol–water partition coefficient (Wildman–Crippen LogP) is 2.26. The summed E-state index contributed by atoms with van der Waals surface area (Å²) < 4.78 is 1.60. The first-order chi connectivity index (χ1) is 11.6. The highest BCUT2D eigenvalue weighted by Gasteiger charge is 2.16. The second-order valence-electron chi connectivity index (χ2n) is 5.91. The van der Waals surface area contributed by atoms with E-state index in [2.05, 4.69) is 10.3 Å². The van der Waals surface area contributed by atoms with E-state index in [0.29, 0.717) is 17.8 Å². The fraction of sp³-hybridized carbons (Fsp3) is 0.278. The predicted molar refractivity (Wildman–Crippen MR) is 91.6 cm³/mol. The third-order valence-corrected chi connectivity index (χ3v) is 4.04. The number of aliphatic hydroxyl groups is 1. The number of amides is 1. The molecule has 3 rings (SSSR count). The first-order valence-corrected chi connectivity index (χ1v) is 7.85. The number of aromatic nitrogens is 3. The van der Waals surface area contributed by atoms with Crippen molar-refractivity contribution in [2.45, 2.75) is 19.5 Å². The summed E-state index contributed by atoms with van der Waals surface area (Å²) in [6.07, 6.45) is 1.76. The highest BCUT2D eigenvalue weighted by Crippen LogP contribution is 2.20. The van der Waals surface area contributed by atoms with Gasteiger partial charge in [-0.2, -0.15) is 0 Å². The molecule has 1 heterocycles. The van der Waals surface area contributed by atoms with Crippen molar-refractivity contribution in [1.29, 1.82) is 0 Å². The molecular formula is C18H20N4O2. The van der Waals surface area contributed by atoms with E-state index in [9.17, 15) is 4.79 Å². The molecular weight excluding hydrogens is 304 g/mol. The number of nitrogens with zero attached hydrogens (tertiary/aromatic N) is 4. The van der Waals surface area contributed by atoms with Crippen LogP contribution >= 0.6 is 0 Å². The molecule has 0 saturated heterocycles. The van der Waals surface area contributed by atoms with Crippen molar-refractivity contribution in [1.82, 2.24) is 19.9 Å². The minimum Gasteiger partial charge on any atom is -0.394 e. The van der Waals surface area contributed by atoms with Gasteiger partial charge in [-0.3, -0.25) is 4.79 Å². The summed E-state index contributed by atoms with van der Waals surface area (Å²) in [6.45, 7) is 2.21. The van der Waals surface area contributed by atoms with Crippen molar-refractivity contribution < 1.29 is 9.90 Å². The van der Waals surface area contributed by atoms with E-state index in [1.807, 2.05) is 49.4 Å². The fourth-order valence-electron chi connectivity index (χ4n) is 2.62. The lowest BCUT2D eigenvalue weighted by Crippen LogP contribution is -2.26. The third-order valence-electron chi connectivity index (χ3n) is 4.04.